The van der Waals surface area contributed by atoms with E-state index in [-0.39, 0.29) is 12.0 Å². The molecule has 0 saturated heterocycles. The predicted octanol–water partition coefficient (Wildman–Crippen LogP) is 1.55. The summed E-state index contributed by atoms with van der Waals surface area (Å²) in [6, 6.07) is 3.69. The lowest BCUT2D eigenvalue weighted by molar-refractivity contribution is -0.118. The van der Waals surface area contributed by atoms with Crippen LogP contribution in [0.5, 0.6) is 5.75 Å². The number of anilines is 1. The first-order chi connectivity index (χ1) is 8.09. The highest BCUT2D eigenvalue weighted by atomic mass is 16.5. The molecule has 0 spiro atoms. The predicted molar refractivity (Wildman–Crippen MR) is 66.9 cm³/mol. The van der Waals surface area contributed by atoms with Gasteiger partial charge in [-0.15, -0.1) is 0 Å². The third kappa shape index (κ3) is 5.19. The van der Waals surface area contributed by atoms with Gasteiger partial charge in [0.25, 0.3) is 0 Å². The summed E-state index contributed by atoms with van der Waals surface area (Å²) in [7, 11) is 0. The number of aromatic nitrogens is 1. The van der Waals surface area contributed by atoms with E-state index >= 15 is 0 Å². The van der Waals surface area contributed by atoms with E-state index in [1.165, 1.54) is 0 Å². The van der Waals surface area contributed by atoms with E-state index in [9.17, 15) is 4.79 Å². The van der Waals surface area contributed by atoms with E-state index in [1.54, 1.807) is 6.20 Å². The normalized spacial score (nSPS) is 10.3. The highest BCUT2D eigenvalue weighted by molar-refractivity contribution is 5.73. The molecule has 0 saturated carbocycles. The molecule has 5 nitrogen and oxygen atoms in total. The molecule has 1 amide bonds. The third-order valence-corrected chi connectivity index (χ3v) is 2.03. The molecule has 1 heterocycles. The van der Waals surface area contributed by atoms with Crippen LogP contribution in [0.4, 0.5) is 5.82 Å². The molecule has 0 bridgehead atoms. The lowest BCUT2D eigenvalue weighted by atomic mass is 10.3. The second-order valence-corrected chi connectivity index (χ2v) is 4.01. The van der Waals surface area contributed by atoms with Gasteiger partial charge in [0.15, 0.2) is 11.6 Å². The largest absolute Gasteiger partial charge is 0.487 e. The number of carbonyl (C=O) groups excluding carboxylic acids is 1. The minimum absolute atomic E-state index is 0.102. The van der Waals surface area contributed by atoms with Gasteiger partial charge < -0.3 is 15.8 Å². The van der Waals surface area contributed by atoms with E-state index < -0.39 is 0 Å². The Morgan fingerprint density at radius 2 is 2.35 bits per heavy atom. The molecule has 5 heteroatoms. The molecule has 17 heavy (non-hydrogen) atoms. The Kier molecular flexibility index (Phi) is 5.26. The van der Waals surface area contributed by atoms with Crippen LogP contribution in [-0.4, -0.2) is 23.5 Å². The van der Waals surface area contributed by atoms with E-state index in [1.807, 2.05) is 26.0 Å². The monoisotopic (exact) mass is 237 g/mol. The van der Waals surface area contributed by atoms with Gasteiger partial charge in [0.05, 0.1) is 6.10 Å². The number of nitrogens with zero attached hydrogens (tertiary/aromatic N) is 1. The molecule has 0 aromatic carbocycles. The molecule has 0 aliphatic carbocycles. The minimum Gasteiger partial charge on any atom is -0.487 e. The highest BCUT2D eigenvalue weighted by Gasteiger charge is 2.05. The maximum Gasteiger partial charge on any atom is 0.217 e. The van der Waals surface area contributed by atoms with Crippen molar-refractivity contribution in [3.63, 3.8) is 0 Å². The average Bonchev–Trinajstić information content (AvgIpc) is 2.25. The molecule has 1 rings (SSSR count). The van der Waals surface area contributed by atoms with Crippen LogP contribution in [0.25, 0.3) is 0 Å². The van der Waals surface area contributed by atoms with Gasteiger partial charge in [-0.1, -0.05) is 0 Å². The van der Waals surface area contributed by atoms with E-state index in [0.717, 1.165) is 5.75 Å². The second kappa shape index (κ2) is 6.73. The van der Waals surface area contributed by atoms with Gasteiger partial charge in [0.2, 0.25) is 5.91 Å². The van der Waals surface area contributed by atoms with E-state index in [4.69, 9.17) is 10.5 Å². The number of carbonyl (C=O) groups is 1. The van der Waals surface area contributed by atoms with Crippen LogP contribution in [0.2, 0.25) is 0 Å². The molecular weight excluding hydrogens is 218 g/mol. The molecule has 0 atom stereocenters. The average molecular weight is 237 g/mol. The van der Waals surface area contributed by atoms with Crippen LogP contribution in [-0.2, 0) is 4.79 Å². The van der Waals surface area contributed by atoms with E-state index in [0.29, 0.717) is 25.2 Å². The van der Waals surface area contributed by atoms with Crippen LogP contribution < -0.4 is 15.8 Å². The summed E-state index contributed by atoms with van der Waals surface area (Å²) < 4.78 is 5.61. The number of amides is 1. The number of hydrogen-bond acceptors (Lipinski definition) is 4. The fourth-order valence-electron chi connectivity index (χ4n) is 1.34. The molecule has 0 radical (unpaired) electrons. The number of pyridine rings is 1. The maximum atomic E-state index is 10.6. The number of hydrogen-bond donors (Lipinski definition) is 2. The van der Waals surface area contributed by atoms with Crippen molar-refractivity contribution in [2.24, 2.45) is 5.73 Å². The van der Waals surface area contributed by atoms with Crippen LogP contribution in [0, 0.1) is 0 Å². The van der Waals surface area contributed by atoms with Crippen LogP contribution >= 0.6 is 0 Å². The Morgan fingerprint density at radius 3 is 3.00 bits per heavy atom. The van der Waals surface area contributed by atoms with Gasteiger partial charge in [-0.3, -0.25) is 4.79 Å². The number of nitrogens with two attached hydrogens (primary N) is 1. The molecule has 0 fully saturated rings. The van der Waals surface area contributed by atoms with Crippen molar-refractivity contribution in [1.29, 1.82) is 0 Å². The first kappa shape index (κ1) is 13.3. The smallest absolute Gasteiger partial charge is 0.217 e. The zero-order valence-electron chi connectivity index (χ0n) is 10.3. The quantitative estimate of drug-likeness (QED) is 0.705. The molecule has 1 aromatic heterocycles. The van der Waals surface area contributed by atoms with Crippen LogP contribution in [0.1, 0.15) is 26.7 Å². The van der Waals surface area contributed by atoms with Crippen molar-refractivity contribution in [3.8, 4) is 5.75 Å². The second-order valence-electron chi connectivity index (χ2n) is 4.01. The van der Waals surface area contributed by atoms with Crippen molar-refractivity contribution < 1.29 is 9.53 Å². The minimum atomic E-state index is -0.286. The zero-order chi connectivity index (χ0) is 12.7. The van der Waals surface area contributed by atoms with Crippen molar-refractivity contribution >= 4 is 11.7 Å². The summed E-state index contributed by atoms with van der Waals surface area (Å²) in [5.74, 6) is 1.14. The zero-order valence-corrected chi connectivity index (χ0v) is 10.3. The first-order valence-electron chi connectivity index (χ1n) is 5.73. The fourth-order valence-corrected chi connectivity index (χ4v) is 1.34. The molecular formula is C12H19N3O2. The molecule has 3 N–H and O–H groups in total. The van der Waals surface area contributed by atoms with Crippen molar-refractivity contribution in [3.05, 3.63) is 18.3 Å². The van der Waals surface area contributed by atoms with E-state index in [2.05, 4.69) is 10.3 Å². The van der Waals surface area contributed by atoms with Crippen LogP contribution in [0.15, 0.2) is 18.3 Å². The lowest BCUT2D eigenvalue weighted by Gasteiger charge is -2.14. The van der Waals surface area contributed by atoms with Gasteiger partial charge >= 0.3 is 0 Å². The maximum absolute atomic E-state index is 10.6. The Morgan fingerprint density at radius 1 is 1.59 bits per heavy atom. The summed E-state index contributed by atoms with van der Waals surface area (Å²) >= 11 is 0. The Bertz CT molecular complexity index is 367. The summed E-state index contributed by atoms with van der Waals surface area (Å²) in [4.78, 5) is 14.8. The standard InChI is InChI=1S/C12H19N3O2/c1-9(2)17-10-5-3-7-14-12(10)15-8-4-6-11(13)16/h3,5,7,9H,4,6,8H2,1-2H3,(H2,13,16)(H,14,15). The molecule has 0 unspecified atom stereocenters. The number of primary amides is 1. The van der Waals surface area contributed by atoms with Gasteiger partial charge in [-0.25, -0.2) is 4.98 Å². The van der Waals surface area contributed by atoms with Crippen LogP contribution in [0.3, 0.4) is 0 Å². The molecule has 94 valence electrons. The van der Waals surface area contributed by atoms with Crippen molar-refractivity contribution in [2.75, 3.05) is 11.9 Å². The Hall–Kier alpha value is -1.78. The van der Waals surface area contributed by atoms with Gasteiger partial charge in [0, 0.05) is 19.2 Å². The first-order valence-corrected chi connectivity index (χ1v) is 5.73. The highest BCUT2D eigenvalue weighted by Crippen LogP contribution is 2.21. The summed E-state index contributed by atoms with van der Waals surface area (Å²) in [5.41, 5.74) is 5.06. The molecule has 1 aromatic rings. The summed E-state index contributed by atoms with van der Waals surface area (Å²) in [5, 5.41) is 3.13. The SMILES string of the molecule is CC(C)Oc1cccnc1NCCCC(N)=O. The number of ether oxygens (including phenoxy) is 1. The Balaban J connectivity index is 2.49. The van der Waals surface area contributed by atoms with Crippen molar-refractivity contribution in [2.45, 2.75) is 32.8 Å². The molecule has 0 aliphatic heterocycles. The topological polar surface area (TPSA) is 77.2 Å². The lowest BCUT2D eigenvalue weighted by Crippen LogP contribution is -2.14. The van der Waals surface area contributed by atoms with Crippen molar-refractivity contribution in [1.82, 2.24) is 4.98 Å². The Labute approximate surface area is 101 Å². The number of rotatable bonds is 7. The number of nitrogens with one attached hydrogen (secondary N) is 1. The summed E-state index contributed by atoms with van der Waals surface area (Å²) in [6.07, 6.45) is 2.86. The fraction of sp³-hybridized carbons (Fsp3) is 0.500. The molecule has 0 aliphatic rings. The summed E-state index contributed by atoms with van der Waals surface area (Å²) in [6.45, 7) is 4.57. The van der Waals surface area contributed by atoms with Gasteiger partial charge in [-0.05, 0) is 32.4 Å². The van der Waals surface area contributed by atoms with Gasteiger partial charge in [-0.2, -0.15) is 0 Å². The third-order valence-electron chi connectivity index (χ3n) is 2.03. The van der Waals surface area contributed by atoms with Gasteiger partial charge in [0.1, 0.15) is 0 Å².